The number of hydrogen-bond acceptors (Lipinski definition) is 4. The van der Waals surface area contributed by atoms with Crippen LogP contribution in [0.15, 0.2) is 24.3 Å². The van der Waals surface area contributed by atoms with Crippen LogP contribution in [0, 0.1) is 0 Å². The number of thiocarbonyl (C=S) groups is 1. The number of rotatable bonds is 4. The maximum absolute atomic E-state index is 12.1. The molecule has 0 radical (unpaired) electrons. The van der Waals surface area contributed by atoms with Crippen LogP contribution in [-0.4, -0.2) is 47.4 Å². The Bertz CT molecular complexity index is 559. The Morgan fingerprint density at radius 1 is 1.48 bits per heavy atom. The van der Waals surface area contributed by atoms with Crippen LogP contribution in [0.5, 0.6) is 5.75 Å². The summed E-state index contributed by atoms with van der Waals surface area (Å²) < 4.78 is 5.43. The molecule has 1 atom stereocenters. The molecule has 0 aromatic heterocycles. The van der Waals surface area contributed by atoms with E-state index < -0.39 is 6.04 Å². The average molecular weight is 307 g/mol. The third-order valence-corrected chi connectivity index (χ3v) is 3.56. The molecule has 1 aromatic carbocycles. The van der Waals surface area contributed by atoms with Gasteiger partial charge in [-0.15, -0.1) is 0 Å². The molecule has 21 heavy (non-hydrogen) atoms. The van der Waals surface area contributed by atoms with Crippen molar-refractivity contribution in [1.29, 1.82) is 0 Å². The van der Waals surface area contributed by atoms with Crippen molar-refractivity contribution < 1.29 is 14.3 Å². The van der Waals surface area contributed by atoms with E-state index in [1.807, 2.05) is 0 Å². The summed E-state index contributed by atoms with van der Waals surface area (Å²) in [6.07, 6.45) is 0. The summed E-state index contributed by atoms with van der Waals surface area (Å²) in [6.45, 7) is 2.56. The Morgan fingerprint density at radius 3 is 2.76 bits per heavy atom. The summed E-state index contributed by atoms with van der Waals surface area (Å²) in [5, 5.41) is 2.71. The zero-order valence-electron chi connectivity index (χ0n) is 11.7. The number of nitrogens with zero attached hydrogens (tertiary/aromatic N) is 1. The van der Waals surface area contributed by atoms with Crippen molar-refractivity contribution in [3.63, 3.8) is 0 Å². The van der Waals surface area contributed by atoms with Gasteiger partial charge in [0.25, 0.3) is 5.91 Å². The average Bonchev–Trinajstić information content (AvgIpc) is 2.48. The topological polar surface area (TPSA) is 84.7 Å². The summed E-state index contributed by atoms with van der Waals surface area (Å²) in [5.41, 5.74) is 6.24. The molecule has 3 N–H and O–H groups in total. The first-order valence-electron chi connectivity index (χ1n) is 6.59. The third-order valence-electron chi connectivity index (χ3n) is 3.32. The van der Waals surface area contributed by atoms with Crippen LogP contribution >= 0.6 is 12.2 Å². The minimum Gasteiger partial charge on any atom is -0.484 e. The summed E-state index contributed by atoms with van der Waals surface area (Å²) in [5.74, 6) is 0.198. The van der Waals surface area contributed by atoms with E-state index in [4.69, 9.17) is 22.7 Å². The van der Waals surface area contributed by atoms with E-state index >= 15 is 0 Å². The SMILES string of the molecule is CC1C(=O)NCCN1C(=O)COc1ccc(C(N)=S)cc1. The molecule has 0 bridgehead atoms. The van der Waals surface area contributed by atoms with E-state index in [9.17, 15) is 9.59 Å². The number of hydrogen-bond donors (Lipinski definition) is 2. The highest BCUT2D eigenvalue weighted by Gasteiger charge is 2.29. The van der Waals surface area contributed by atoms with Crippen LogP contribution in [-0.2, 0) is 9.59 Å². The number of nitrogens with two attached hydrogens (primary N) is 1. The molecule has 0 aliphatic carbocycles. The van der Waals surface area contributed by atoms with Crippen LogP contribution in [0.3, 0.4) is 0 Å². The van der Waals surface area contributed by atoms with Gasteiger partial charge in [-0.05, 0) is 31.2 Å². The van der Waals surface area contributed by atoms with Crippen molar-refractivity contribution in [3.05, 3.63) is 29.8 Å². The number of carbonyl (C=O) groups is 2. The van der Waals surface area contributed by atoms with Crippen LogP contribution in [0.4, 0.5) is 0 Å². The molecule has 112 valence electrons. The predicted octanol–water partition coefficient (Wildman–Crippen LogP) is 0.0465. The van der Waals surface area contributed by atoms with Crippen LogP contribution in [0.2, 0.25) is 0 Å². The first kappa shape index (κ1) is 15.2. The number of benzene rings is 1. The smallest absolute Gasteiger partial charge is 0.261 e. The van der Waals surface area contributed by atoms with Gasteiger partial charge >= 0.3 is 0 Å². The molecule has 1 heterocycles. The summed E-state index contributed by atoms with van der Waals surface area (Å²) in [7, 11) is 0. The van der Waals surface area contributed by atoms with E-state index in [1.54, 1.807) is 31.2 Å². The molecular formula is C14H17N3O3S. The van der Waals surface area contributed by atoms with Gasteiger partial charge < -0.3 is 20.7 Å². The van der Waals surface area contributed by atoms with Crippen molar-refractivity contribution in [2.24, 2.45) is 5.73 Å². The normalized spacial score (nSPS) is 18.0. The zero-order valence-corrected chi connectivity index (χ0v) is 12.5. The van der Waals surface area contributed by atoms with E-state index in [1.165, 1.54) is 4.90 Å². The van der Waals surface area contributed by atoms with Gasteiger partial charge in [0, 0.05) is 18.7 Å². The summed E-state index contributed by atoms with van der Waals surface area (Å²) in [4.78, 5) is 25.4. The lowest BCUT2D eigenvalue weighted by atomic mass is 10.2. The Labute approximate surface area is 128 Å². The Kier molecular flexibility index (Phi) is 4.74. The zero-order chi connectivity index (χ0) is 15.4. The van der Waals surface area contributed by atoms with Gasteiger partial charge in [-0.2, -0.15) is 0 Å². The monoisotopic (exact) mass is 307 g/mol. The number of carbonyl (C=O) groups excluding carboxylic acids is 2. The molecule has 2 amide bonds. The molecule has 0 spiro atoms. The standard InChI is InChI=1S/C14H17N3O3S/c1-9-14(19)16-6-7-17(9)12(18)8-20-11-4-2-10(3-5-11)13(15)21/h2-5,9H,6-8H2,1H3,(H2,15,21)(H,16,19). The highest BCUT2D eigenvalue weighted by atomic mass is 32.1. The first-order chi connectivity index (χ1) is 9.99. The molecule has 0 saturated carbocycles. The van der Waals surface area contributed by atoms with Gasteiger partial charge in [0.15, 0.2) is 6.61 Å². The molecule has 2 rings (SSSR count). The molecule has 7 heteroatoms. The molecule has 1 aliphatic heterocycles. The lowest BCUT2D eigenvalue weighted by Gasteiger charge is -2.32. The second-order valence-electron chi connectivity index (χ2n) is 4.73. The molecule has 1 fully saturated rings. The maximum Gasteiger partial charge on any atom is 0.261 e. The fourth-order valence-electron chi connectivity index (χ4n) is 2.07. The molecular weight excluding hydrogens is 290 g/mol. The van der Waals surface area contributed by atoms with Crippen molar-refractivity contribution in [1.82, 2.24) is 10.2 Å². The van der Waals surface area contributed by atoms with Crippen molar-refractivity contribution in [2.75, 3.05) is 19.7 Å². The largest absolute Gasteiger partial charge is 0.484 e. The molecule has 1 saturated heterocycles. The van der Waals surface area contributed by atoms with E-state index in [0.717, 1.165) is 5.56 Å². The first-order valence-corrected chi connectivity index (χ1v) is 6.99. The summed E-state index contributed by atoms with van der Waals surface area (Å²) >= 11 is 4.86. The second-order valence-corrected chi connectivity index (χ2v) is 5.17. The minimum absolute atomic E-state index is 0.107. The summed E-state index contributed by atoms with van der Waals surface area (Å²) in [6, 6.07) is 6.41. The van der Waals surface area contributed by atoms with Crippen LogP contribution in [0.1, 0.15) is 12.5 Å². The molecule has 1 unspecified atom stereocenters. The fourth-order valence-corrected chi connectivity index (χ4v) is 2.20. The molecule has 1 aromatic rings. The van der Waals surface area contributed by atoms with Gasteiger partial charge in [0.2, 0.25) is 5.91 Å². The number of amides is 2. The quantitative estimate of drug-likeness (QED) is 0.768. The van der Waals surface area contributed by atoms with E-state index in [2.05, 4.69) is 5.32 Å². The second kappa shape index (κ2) is 6.53. The van der Waals surface area contributed by atoms with Crippen LogP contribution < -0.4 is 15.8 Å². The van der Waals surface area contributed by atoms with Crippen molar-refractivity contribution >= 4 is 29.0 Å². The van der Waals surface area contributed by atoms with Gasteiger partial charge in [-0.1, -0.05) is 12.2 Å². The van der Waals surface area contributed by atoms with Crippen molar-refractivity contribution in [3.8, 4) is 5.75 Å². The molecule has 1 aliphatic rings. The Morgan fingerprint density at radius 2 is 2.14 bits per heavy atom. The third kappa shape index (κ3) is 3.69. The number of nitrogens with one attached hydrogen (secondary N) is 1. The number of piperazine rings is 1. The van der Waals surface area contributed by atoms with E-state index in [0.29, 0.717) is 23.8 Å². The molecule has 6 nitrogen and oxygen atoms in total. The Balaban J connectivity index is 1.91. The lowest BCUT2D eigenvalue weighted by Crippen LogP contribution is -2.56. The highest BCUT2D eigenvalue weighted by Crippen LogP contribution is 2.13. The van der Waals surface area contributed by atoms with Crippen LogP contribution in [0.25, 0.3) is 0 Å². The van der Waals surface area contributed by atoms with Gasteiger partial charge in [-0.3, -0.25) is 9.59 Å². The van der Waals surface area contributed by atoms with E-state index in [-0.39, 0.29) is 18.4 Å². The van der Waals surface area contributed by atoms with Gasteiger partial charge in [0.1, 0.15) is 16.8 Å². The predicted molar refractivity (Wildman–Crippen MR) is 82.0 cm³/mol. The fraction of sp³-hybridized carbons (Fsp3) is 0.357. The Hall–Kier alpha value is -2.15. The highest BCUT2D eigenvalue weighted by molar-refractivity contribution is 7.80. The lowest BCUT2D eigenvalue weighted by molar-refractivity contribution is -0.143. The minimum atomic E-state index is -0.466. The van der Waals surface area contributed by atoms with Gasteiger partial charge in [0.05, 0.1) is 0 Å². The van der Waals surface area contributed by atoms with Gasteiger partial charge in [-0.25, -0.2) is 0 Å². The number of ether oxygens (including phenoxy) is 1. The van der Waals surface area contributed by atoms with Crippen molar-refractivity contribution in [2.45, 2.75) is 13.0 Å². The maximum atomic E-state index is 12.1.